The molecule has 2 atom stereocenters. The van der Waals surface area contributed by atoms with Crippen molar-refractivity contribution in [2.45, 2.75) is 24.3 Å². The highest BCUT2D eigenvalue weighted by Gasteiger charge is 2.21. The quantitative estimate of drug-likeness (QED) is 0.435. The minimum atomic E-state index is -0.473. The van der Waals surface area contributed by atoms with Gasteiger partial charge in [-0.1, -0.05) is 0 Å². The molecule has 2 N–H and O–H groups in total. The lowest BCUT2D eigenvalue weighted by molar-refractivity contribution is -0.120. The highest BCUT2D eigenvalue weighted by molar-refractivity contribution is 8.01. The van der Waals surface area contributed by atoms with Gasteiger partial charge >= 0.3 is 0 Å². The fraction of sp³-hybridized carbons (Fsp3) is 0.273. The molecule has 2 unspecified atom stereocenters. The van der Waals surface area contributed by atoms with Gasteiger partial charge < -0.3 is 9.47 Å². The minimum Gasteiger partial charge on any atom is -0.497 e. The molecule has 0 fully saturated rings. The van der Waals surface area contributed by atoms with Crippen LogP contribution in [0.5, 0.6) is 11.5 Å². The van der Waals surface area contributed by atoms with E-state index in [0.717, 1.165) is 22.6 Å². The summed E-state index contributed by atoms with van der Waals surface area (Å²) in [6.07, 6.45) is 3.08. The molecule has 0 aliphatic heterocycles. The number of benzene rings is 2. The number of amides is 2. The molecule has 31 heavy (non-hydrogen) atoms. The van der Waals surface area contributed by atoms with E-state index in [1.807, 2.05) is 24.3 Å². The first kappa shape index (κ1) is 23.9. The number of methoxy groups -OCH3 is 2. The van der Waals surface area contributed by atoms with E-state index in [4.69, 9.17) is 9.47 Å². The van der Waals surface area contributed by atoms with Gasteiger partial charge in [0.15, 0.2) is 0 Å². The van der Waals surface area contributed by atoms with Gasteiger partial charge in [-0.3, -0.25) is 9.59 Å². The highest BCUT2D eigenvalue weighted by atomic mass is 32.2. The zero-order valence-corrected chi connectivity index (χ0v) is 18.7. The van der Waals surface area contributed by atoms with Crippen LogP contribution in [0.25, 0.3) is 0 Å². The van der Waals surface area contributed by atoms with Crippen LogP contribution in [-0.2, 0) is 9.59 Å². The van der Waals surface area contributed by atoms with Crippen molar-refractivity contribution in [1.29, 1.82) is 0 Å². The van der Waals surface area contributed by atoms with Crippen LogP contribution in [0.3, 0.4) is 0 Å². The lowest BCUT2D eigenvalue weighted by atomic mass is 10.2. The molecule has 0 aliphatic rings. The zero-order chi connectivity index (χ0) is 22.6. The molecule has 0 aromatic heterocycles. The molecule has 164 valence electrons. The molecule has 2 aromatic rings. The van der Waals surface area contributed by atoms with Crippen LogP contribution in [0.2, 0.25) is 0 Å². The average Bonchev–Trinajstić information content (AvgIpc) is 2.79. The molecule has 8 nitrogen and oxygen atoms in total. The predicted octanol–water partition coefficient (Wildman–Crippen LogP) is 2.81. The van der Waals surface area contributed by atoms with Crippen LogP contribution in [0.15, 0.2) is 58.7 Å². The lowest BCUT2D eigenvalue weighted by Gasteiger charge is -2.14. The van der Waals surface area contributed by atoms with Gasteiger partial charge in [0.2, 0.25) is 0 Å². The van der Waals surface area contributed by atoms with Crippen molar-refractivity contribution in [3.8, 4) is 11.5 Å². The number of carbonyl (C=O) groups is 2. The molecular weight excluding hydrogens is 416 g/mol. The van der Waals surface area contributed by atoms with Crippen LogP contribution in [0.4, 0.5) is 0 Å². The molecule has 0 saturated heterocycles. The largest absolute Gasteiger partial charge is 0.497 e. The number of carbonyl (C=O) groups excluding carboxylic acids is 2. The minimum absolute atomic E-state index is 0.295. The Hall–Kier alpha value is -3.33. The second-order valence-corrected chi connectivity index (χ2v) is 8.12. The summed E-state index contributed by atoms with van der Waals surface area (Å²) in [5.74, 6) is 0.894. The average molecular weight is 443 g/mol. The normalized spacial score (nSPS) is 13.0. The number of nitrogens with one attached hydrogen (secondary N) is 2. The first-order valence-corrected chi connectivity index (χ1v) is 10.5. The highest BCUT2D eigenvalue weighted by Crippen LogP contribution is 2.18. The number of hydrogen-bond donors (Lipinski definition) is 2. The SMILES string of the molecule is COc1ccc(C=NNC(=O)C(C)SC(C)C(=O)NN=Cc2ccc(OC)cc2)cc1. The fourth-order valence-corrected chi connectivity index (χ4v) is 3.30. The van der Waals surface area contributed by atoms with Crippen LogP contribution in [0.1, 0.15) is 25.0 Å². The van der Waals surface area contributed by atoms with E-state index in [9.17, 15) is 9.59 Å². The summed E-state index contributed by atoms with van der Waals surface area (Å²) in [5, 5.41) is 6.96. The van der Waals surface area contributed by atoms with E-state index in [0.29, 0.717) is 0 Å². The fourth-order valence-electron chi connectivity index (χ4n) is 2.33. The summed E-state index contributed by atoms with van der Waals surface area (Å²) >= 11 is 1.21. The summed E-state index contributed by atoms with van der Waals surface area (Å²) in [6, 6.07) is 14.5. The van der Waals surface area contributed by atoms with Gasteiger partial charge in [0, 0.05) is 0 Å². The topological polar surface area (TPSA) is 101 Å². The molecule has 9 heteroatoms. The smallest absolute Gasteiger partial charge is 0.252 e. The Morgan fingerprint density at radius 3 is 1.45 bits per heavy atom. The third-order valence-corrected chi connectivity index (χ3v) is 5.40. The number of ether oxygens (including phenoxy) is 2. The predicted molar refractivity (Wildman–Crippen MR) is 124 cm³/mol. The van der Waals surface area contributed by atoms with Gasteiger partial charge in [-0.25, -0.2) is 10.9 Å². The Bertz CT molecular complexity index is 839. The zero-order valence-electron chi connectivity index (χ0n) is 17.9. The molecule has 0 bridgehead atoms. The monoisotopic (exact) mass is 442 g/mol. The van der Waals surface area contributed by atoms with Crippen molar-refractivity contribution in [2.75, 3.05) is 14.2 Å². The molecule has 0 spiro atoms. The van der Waals surface area contributed by atoms with Crippen molar-refractivity contribution >= 4 is 36.0 Å². The van der Waals surface area contributed by atoms with Gasteiger partial charge in [0.05, 0.1) is 37.1 Å². The molecule has 2 aromatic carbocycles. The number of thioether (sulfide) groups is 1. The Morgan fingerprint density at radius 1 is 0.774 bits per heavy atom. The number of nitrogens with zero attached hydrogens (tertiary/aromatic N) is 2. The standard InChI is InChI=1S/C22H26N4O4S/c1-15(21(27)25-23-13-17-5-9-19(29-3)10-6-17)31-16(2)22(28)26-24-14-18-7-11-20(30-4)12-8-18/h5-16H,1-4H3,(H,25,27)(H,26,28). The molecule has 0 heterocycles. The van der Waals surface area contributed by atoms with E-state index in [1.165, 1.54) is 11.8 Å². The van der Waals surface area contributed by atoms with Crippen molar-refractivity contribution in [3.63, 3.8) is 0 Å². The number of hydrogen-bond acceptors (Lipinski definition) is 7. The molecular formula is C22H26N4O4S. The maximum Gasteiger partial charge on any atom is 0.252 e. The summed E-state index contributed by atoms with van der Waals surface area (Å²) in [4.78, 5) is 24.4. The van der Waals surface area contributed by atoms with Crippen molar-refractivity contribution < 1.29 is 19.1 Å². The molecule has 0 radical (unpaired) electrons. The molecule has 0 saturated carbocycles. The lowest BCUT2D eigenvalue weighted by Crippen LogP contribution is -2.33. The first-order valence-electron chi connectivity index (χ1n) is 9.52. The van der Waals surface area contributed by atoms with Crippen LogP contribution in [-0.4, -0.2) is 49.0 Å². The van der Waals surface area contributed by atoms with Crippen molar-refractivity contribution in [1.82, 2.24) is 10.9 Å². The first-order chi connectivity index (χ1) is 14.9. The van der Waals surface area contributed by atoms with Gasteiger partial charge in [-0.15, -0.1) is 11.8 Å². The van der Waals surface area contributed by atoms with E-state index in [1.54, 1.807) is 64.8 Å². The van der Waals surface area contributed by atoms with Crippen molar-refractivity contribution in [2.24, 2.45) is 10.2 Å². The maximum absolute atomic E-state index is 12.2. The van der Waals surface area contributed by atoms with Crippen LogP contribution < -0.4 is 20.3 Å². The Labute approximate surface area is 186 Å². The Balaban J connectivity index is 1.76. The summed E-state index contributed by atoms with van der Waals surface area (Å²) < 4.78 is 10.2. The van der Waals surface area contributed by atoms with E-state index < -0.39 is 10.5 Å². The van der Waals surface area contributed by atoms with Gasteiger partial charge in [0.25, 0.3) is 11.8 Å². The summed E-state index contributed by atoms with van der Waals surface area (Å²) in [7, 11) is 3.19. The Kier molecular flexibility index (Phi) is 9.57. The van der Waals surface area contributed by atoms with E-state index in [2.05, 4.69) is 21.1 Å². The van der Waals surface area contributed by atoms with Crippen LogP contribution >= 0.6 is 11.8 Å². The van der Waals surface area contributed by atoms with Crippen LogP contribution in [0, 0.1) is 0 Å². The molecule has 0 aliphatic carbocycles. The summed E-state index contributed by atoms with van der Waals surface area (Å²) in [6.45, 7) is 3.43. The summed E-state index contributed by atoms with van der Waals surface area (Å²) in [5.41, 5.74) is 6.62. The maximum atomic E-state index is 12.2. The van der Waals surface area contributed by atoms with Gasteiger partial charge in [-0.2, -0.15) is 10.2 Å². The second-order valence-electron chi connectivity index (χ2n) is 6.44. The third kappa shape index (κ3) is 8.13. The second kappa shape index (κ2) is 12.4. The van der Waals surface area contributed by atoms with E-state index in [-0.39, 0.29) is 11.8 Å². The third-order valence-electron chi connectivity index (χ3n) is 4.16. The number of rotatable bonds is 10. The Morgan fingerprint density at radius 2 is 1.13 bits per heavy atom. The van der Waals surface area contributed by atoms with Gasteiger partial charge in [-0.05, 0) is 73.5 Å². The van der Waals surface area contributed by atoms with E-state index >= 15 is 0 Å². The molecule has 2 rings (SSSR count). The number of hydrazone groups is 2. The molecule has 2 amide bonds. The van der Waals surface area contributed by atoms with Gasteiger partial charge in [0.1, 0.15) is 11.5 Å². The van der Waals surface area contributed by atoms with Crippen molar-refractivity contribution in [3.05, 3.63) is 59.7 Å².